The summed E-state index contributed by atoms with van der Waals surface area (Å²) >= 11 is 0. The first-order valence-corrected chi connectivity index (χ1v) is 11.3. The van der Waals surface area contributed by atoms with Gasteiger partial charge in [0.05, 0.1) is 19.8 Å². The van der Waals surface area contributed by atoms with Gasteiger partial charge in [0, 0.05) is 0 Å². The molecule has 0 heterocycles. The summed E-state index contributed by atoms with van der Waals surface area (Å²) < 4.78 is 17.7. The predicted molar refractivity (Wildman–Crippen MR) is 132 cm³/mol. The summed E-state index contributed by atoms with van der Waals surface area (Å²) in [5, 5.41) is 0. The highest BCUT2D eigenvalue weighted by Gasteiger charge is 2.09. The van der Waals surface area contributed by atoms with E-state index in [1.807, 2.05) is 30.3 Å². The molecule has 0 bridgehead atoms. The van der Waals surface area contributed by atoms with E-state index < -0.39 is 6.48 Å². The Balaban J connectivity index is 2.53. The van der Waals surface area contributed by atoms with Crippen molar-refractivity contribution in [2.24, 2.45) is 0 Å². The van der Waals surface area contributed by atoms with Gasteiger partial charge in [-0.2, -0.15) is 0 Å². The Bertz CT molecular complexity index is 676. The minimum absolute atomic E-state index is 0.456. The molecule has 0 fully saturated rings. The maximum Gasteiger partial charge on any atom is 0.272 e. The van der Waals surface area contributed by atoms with Gasteiger partial charge in [0.15, 0.2) is 0 Å². The molecule has 3 nitrogen and oxygen atoms in total. The minimum Gasteiger partial charge on any atom is -0.326 e. The standard InChI is InChI=1S/C28H42O3/c1-23(2)12-10-14-25(5)18-20-29-28(31-22-27-16-8-7-9-17-27)30-21-19-26(6)15-11-13-24(3)4/h7-9,12-13,16-19,28H,10-11,14-15,20-22H2,1-6H3/b25-18+,26-19+. The molecule has 3 heteroatoms. The lowest BCUT2D eigenvalue weighted by atomic mass is 10.1. The van der Waals surface area contributed by atoms with Crippen molar-refractivity contribution in [2.45, 2.75) is 80.3 Å². The number of hydrogen-bond acceptors (Lipinski definition) is 3. The van der Waals surface area contributed by atoms with Gasteiger partial charge in [0.25, 0.3) is 6.48 Å². The van der Waals surface area contributed by atoms with Crippen molar-refractivity contribution in [1.29, 1.82) is 0 Å². The highest BCUT2D eigenvalue weighted by Crippen LogP contribution is 2.11. The van der Waals surface area contributed by atoms with Gasteiger partial charge in [0.2, 0.25) is 0 Å². The summed E-state index contributed by atoms with van der Waals surface area (Å²) in [6.07, 6.45) is 13.0. The molecule has 0 aliphatic rings. The average molecular weight is 427 g/mol. The molecule has 0 saturated heterocycles. The number of allylic oxidation sites excluding steroid dienone is 6. The molecule has 0 unspecified atom stereocenters. The first-order valence-electron chi connectivity index (χ1n) is 11.3. The zero-order valence-electron chi connectivity index (χ0n) is 20.4. The van der Waals surface area contributed by atoms with Gasteiger partial charge in [-0.3, -0.25) is 0 Å². The summed E-state index contributed by atoms with van der Waals surface area (Å²) in [6, 6.07) is 10.1. The monoisotopic (exact) mass is 426 g/mol. The van der Waals surface area contributed by atoms with Crippen LogP contribution in [-0.2, 0) is 20.8 Å². The van der Waals surface area contributed by atoms with E-state index in [9.17, 15) is 0 Å². The Morgan fingerprint density at radius 2 is 1.16 bits per heavy atom. The molecule has 0 aromatic heterocycles. The van der Waals surface area contributed by atoms with Crippen molar-refractivity contribution in [1.82, 2.24) is 0 Å². The highest BCUT2D eigenvalue weighted by atomic mass is 16.8. The number of ether oxygens (including phenoxy) is 3. The summed E-state index contributed by atoms with van der Waals surface area (Å²) in [5.41, 5.74) is 6.44. The zero-order chi connectivity index (χ0) is 22.9. The van der Waals surface area contributed by atoms with E-state index in [0.717, 1.165) is 31.2 Å². The van der Waals surface area contributed by atoms with Crippen LogP contribution in [0.4, 0.5) is 0 Å². The largest absolute Gasteiger partial charge is 0.326 e. The molecule has 0 amide bonds. The van der Waals surface area contributed by atoms with E-state index in [-0.39, 0.29) is 0 Å². The predicted octanol–water partition coefficient (Wildman–Crippen LogP) is 7.91. The van der Waals surface area contributed by atoms with Crippen molar-refractivity contribution >= 4 is 0 Å². The van der Waals surface area contributed by atoms with E-state index in [0.29, 0.717) is 19.8 Å². The Hall–Kier alpha value is -1.94. The lowest BCUT2D eigenvalue weighted by Crippen LogP contribution is -2.21. The van der Waals surface area contributed by atoms with Crippen molar-refractivity contribution in [3.05, 3.63) is 82.5 Å². The van der Waals surface area contributed by atoms with Gasteiger partial charge in [-0.05, 0) is 72.8 Å². The molecular formula is C28H42O3. The third kappa shape index (κ3) is 15.5. The minimum atomic E-state index is -0.691. The summed E-state index contributed by atoms with van der Waals surface area (Å²) in [4.78, 5) is 0. The normalized spacial score (nSPS) is 13.1. The third-order valence-corrected chi connectivity index (χ3v) is 4.74. The first-order chi connectivity index (χ1) is 14.9. The van der Waals surface area contributed by atoms with E-state index in [1.54, 1.807) is 0 Å². The topological polar surface area (TPSA) is 27.7 Å². The fraction of sp³-hybridized carbons (Fsp3) is 0.500. The van der Waals surface area contributed by atoms with E-state index in [1.165, 1.54) is 22.3 Å². The summed E-state index contributed by atoms with van der Waals surface area (Å²) in [5.74, 6) is 0. The first kappa shape index (κ1) is 27.1. The SMILES string of the molecule is CC(C)=CCC/C(C)=C/COC(OC/C=C(\C)CCC=C(C)C)OCc1ccccc1. The number of rotatable bonds is 15. The van der Waals surface area contributed by atoms with Crippen LogP contribution in [0.25, 0.3) is 0 Å². The van der Waals surface area contributed by atoms with Gasteiger partial charge < -0.3 is 14.2 Å². The van der Waals surface area contributed by atoms with Crippen molar-refractivity contribution in [3.63, 3.8) is 0 Å². The molecule has 0 aliphatic carbocycles. The number of benzene rings is 1. The van der Waals surface area contributed by atoms with E-state index in [4.69, 9.17) is 14.2 Å². The zero-order valence-corrected chi connectivity index (χ0v) is 20.4. The molecule has 0 N–H and O–H groups in total. The molecular weight excluding hydrogens is 384 g/mol. The van der Waals surface area contributed by atoms with Gasteiger partial charge in [0.1, 0.15) is 0 Å². The highest BCUT2D eigenvalue weighted by molar-refractivity contribution is 5.13. The fourth-order valence-corrected chi connectivity index (χ4v) is 2.80. The Kier molecular flexibility index (Phi) is 14.6. The van der Waals surface area contributed by atoms with E-state index in [2.05, 4.69) is 65.8 Å². The fourth-order valence-electron chi connectivity index (χ4n) is 2.80. The van der Waals surface area contributed by atoms with Crippen molar-refractivity contribution < 1.29 is 14.2 Å². The molecule has 0 saturated carbocycles. The second-order valence-electron chi connectivity index (χ2n) is 8.49. The maximum absolute atomic E-state index is 5.90. The van der Waals surface area contributed by atoms with Crippen LogP contribution in [0.5, 0.6) is 0 Å². The van der Waals surface area contributed by atoms with Crippen LogP contribution >= 0.6 is 0 Å². The van der Waals surface area contributed by atoms with Crippen molar-refractivity contribution in [3.8, 4) is 0 Å². The molecule has 1 aromatic carbocycles. The molecule has 1 aromatic rings. The Morgan fingerprint density at radius 1 is 0.677 bits per heavy atom. The molecule has 1 rings (SSSR count). The number of hydrogen-bond donors (Lipinski definition) is 0. The average Bonchev–Trinajstić information content (AvgIpc) is 2.71. The lowest BCUT2D eigenvalue weighted by molar-refractivity contribution is -0.284. The molecule has 31 heavy (non-hydrogen) atoms. The lowest BCUT2D eigenvalue weighted by Gasteiger charge is -2.18. The van der Waals surface area contributed by atoms with Crippen LogP contribution in [0.1, 0.15) is 72.8 Å². The van der Waals surface area contributed by atoms with Crippen LogP contribution in [-0.4, -0.2) is 19.7 Å². The Labute approximate surface area is 190 Å². The maximum atomic E-state index is 5.90. The van der Waals surface area contributed by atoms with E-state index >= 15 is 0 Å². The van der Waals surface area contributed by atoms with Crippen molar-refractivity contribution in [2.75, 3.05) is 13.2 Å². The third-order valence-electron chi connectivity index (χ3n) is 4.74. The van der Waals surface area contributed by atoms with Gasteiger partial charge in [-0.1, -0.05) is 76.9 Å². The van der Waals surface area contributed by atoms with Crippen LogP contribution in [0.2, 0.25) is 0 Å². The summed E-state index contributed by atoms with van der Waals surface area (Å²) in [7, 11) is 0. The second-order valence-corrected chi connectivity index (χ2v) is 8.49. The second kappa shape index (κ2) is 16.7. The van der Waals surface area contributed by atoms with Gasteiger partial charge in [-0.15, -0.1) is 0 Å². The quantitative estimate of drug-likeness (QED) is 0.211. The molecule has 0 spiro atoms. The van der Waals surface area contributed by atoms with Crippen LogP contribution in [0.3, 0.4) is 0 Å². The Morgan fingerprint density at radius 3 is 1.61 bits per heavy atom. The molecule has 172 valence electrons. The van der Waals surface area contributed by atoms with Crippen LogP contribution in [0.15, 0.2) is 76.9 Å². The summed E-state index contributed by atoms with van der Waals surface area (Å²) in [6.45, 7) is 13.5. The molecule has 0 radical (unpaired) electrons. The van der Waals surface area contributed by atoms with Crippen LogP contribution in [0, 0.1) is 0 Å². The van der Waals surface area contributed by atoms with Crippen LogP contribution < -0.4 is 0 Å². The molecule has 0 atom stereocenters. The smallest absolute Gasteiger partial charge is 0.272 e. The van der Waals surface area contributed by atoms with Gasteiger partial charge >= 0.3 is 0 Å². The molecule has 0 aliphatic heterocycles. The van der Waals surface area contributed by atoms with Gasteiger partial charge in [-0.25, -0.2) is 0 Å².